The average molecular weight is 388 g/mol. The Morgan fingerprint density at radius 3 is 2.92 bits per heavy atom. The van der Waals surface area contributed by atoms with Crippen molar-refractivity contribution < 1.29 is 17.9 Å². The predicted octanol–water partition coefficient (Wildman–Crippen LogP) is 2.04. The number of alkyl halides is 3. The van der Waals surface area contributed by atoms with Gasteiger partial charge in [0.25, 0.3) is 0 Å². The van der Waals surface area contributed by atoms with Gasteiger partial charge in [0.15, 0.2) is 11.7 Å². The Bertz CT molecular complexity index is 772. The Hall–Kier alpha value is -2.14. The van der Waals surface area contributed by atoms with Crippen LogP contribution in [0.25, 0.3) is 0 Å². The fourth-order valence-corrected chi connectivity index (χ4v) is 3.40. The summed E-state index contributed by atoms with van der Waals surface area (Å²) >= 11 is 0.973. The maximum absolute atomic E-state index is 12.6. The fraction of sp³-hybridized carbons (Fsp3) is 0.533. The van der Waals surface area contributed by atoms with Crippen LogP contribution < -0.4 is 5.32 Å². The zero-order valence-electron chi connectivity index (χ0n) is 14.3. The fourth-order valence-electron chi connectivity index (χ4n) is 2.66. The Labute approximate surface area is 152 Å². The number of guanidine groups is 1. The highest BCUT2D eigenvalue weighted by atomic mass is 32.1. The van der Waals surface area contributed by atoms with E-state index in [0.29, 0.717) is 30.7 Å². The molecule has 1 saturated heterocycles. The van der Waals surface area contributed by atoms with Crippen LogP contribution in [0.15, 0.2) is 22.8 Å². The first-order chi connectivity index (χ1) is 12.4. The van der Waals surface area contributed by atoms with Gasteiger partial charge in [-0.3, -0.25) is 9.67 Å². The third-order valence-electron chi connectivity index (χ3n) is 3.91. The minimum atomic E-state index is -4.42. The van der Waals surface area contributed by atoms with Crippen molar-refractivity contribution in [2.24, 2.45) is 12.0 Å². The van der Waals surface area contributed by atoms with Crippen LogP contribution in [-0.4, -0.2) is 52.4 Å². The Morgan fingerprint density at radius 2 is 2.31 bits per heavy atom. The van der Waals surface area contributed by atoms with E-state index in [1.54, 1.807) is 17.9 Å². The summed E-state index contributed by atoms with van der Waals surface area (Å²) in [6, 6.07) is 0. The summed E-state index contributed by atoms with van der Waals surface area (Å²) in [4.78, 5) is 9.86. The number of nitrogens with zero attached hydrogens (tertiary/aromatic N) is 5. The van der Waals surface area contributed by atoms with Gasteiger partial charge in [0.05, 0.1) is 25.9 Å². The lowest BCUT2D eigenvalue weighted by molar-refractivity contribution is -0.140. The Morgan fingerprint density at radius 1 is 1.50 bits per heavy atom. The van der Waals surface area contributed by atoms with E-state index < -0.39 is 11.9 Å². The molecule has 0 spiro atoms. The molecule has 0 radical (unpaired) electrons. The van der Waals surface area contributed by atoms with Crippen molar-refractivity contribution in [2.45, 2.75) is 18.8 Å². The third kappa shape index (κ3) is 4.33. The number of ether oxygens (including phenoxy) is 1. The van der Waals surface area contributed by atoms with E-state index in [2.05, 4.69) is 20.4 Å². The standard InChI is InChI=1S/C15H19F3N6OS/c1-19-14(20-6-13-22-12(9-26-13)15(16,17)18)24-3-4-25-11(8-24)10-5-21-23(2)7-10/h5,7,9,11H,3-4,6,8H2,1-2H3,(H,19,20). The van der Waals surface area contributed by atoms with Gasteiger partial charge in [0, 0.05) is 37.8 Å². The molecule has 1 aliphatic heterocycles. The molecule has 1 fully saturated rings. The predicted molar refractivity (Wildman–Crippen MR) is 90.8 cm³/mol. The largest absolute Gasteiger partial charge is 0.434 e. The van der Waals surface area contributed by atoms with Crippen molar-refractivity contribution in [3.63, 3.8) is 0 Å². The highest BCUT2D eigenvalue weighted by Crippen LogP contribution is 2.30. The summed E-state index contributed by atoms with van der Waals surface area (Å²) in [5.74, 6) is 0.603. The number of rotatable bonds is 3. The van der Waals surface area contributed by atoms with Gasteiger partial charge >= 0.3 is 6.18 Å². The van der Waals surface area contributed by atoms with Crippen LogP contribution in [0.5, 0.6) is 0 Å². The molecule has 1 unspecified atom stereocenters. The summed E-state index contributed by atoms with van der Waals surface area (Å²) < 4.78 is 45.4. The van der Waals surface area contributed by atoms with Gasteiger partial charge in [-0.15, -0.1) is 11.3 Å². The molecule has 142 valence electrons. The first kappa shape index (κ1) is 18.6. The molecule has 1 N–H and O–H groups in total. The number of morpholine rings is 1. The minimum absolute atomic E-state index is 0.132. The summed E-state index contributed by atoms with van der Waals surface area (Å²) in [7, 11) is 3.48. The first-order valence-corrected chi connectivity index (χ1v) is 8.82. The average Bonchev–Trinajstić information content (AvgIpc) is 3.24. The molecule has 26 heavy (non-hydrogen) atoms. The molecule has 11 heteroatoms. The van der Waals surface area contributed by atoms with Crippen molar-refractivity contribution in [3.8, 4) is 0 Å². The van der Waals surface area contributed by atoms with Gasteiger partial charge < -0.3 is 15.0 Å². The van der Waals surface area contributed by atoms with Gasteiger partial charge in [-0.1, -0.05) is 0 Å². The van der Waals surface area contributed by atoms with E-state index in [-0.39, 0.29) is 12.6 Å². The molecular formula is C15H19F3N6OS. The van der Waals surface area contributed by atoms with Crippen LogP contribution in [0, 0.1) is 0 Å². The summed E-state index contributed by atoms with van der Waals surface area (Å²) in [5, 5.41) is 8.61. The molecule has 0 saturated carbocycles. The number of thiazole rings is 1. The first-order valence-electron chi connectivity index (χ1n) is 7.94. The zero-order valence-corrected chi connectivity index (χ0v) is 15.1. The molecule has 2 aromatic heterocycles. The van der Waals surface area contributed by atoms with E-state index in [1.807, 2.05) is 18.1 Å². The molecule has 7 nitrogen and oxygen atoms in total. The molecular weight excluding hydrogens is 369 g/mol. The van der Waals surface area contributed by atoms with Gasteiger partial charge in [-0.25, -0.2) is 4.98 Å². The van der Waals surface area contributed by atoms with Gasteiger partial charge in [0.1, 0.15) is 11.1 Å². The number of halogens is 3. The van der Waals surface area contributed by atoms with Crippen molar-refractivity contribution in [1.29, 1.82) is 0 Å². The minimum Gasteiger partial charge on any atom is -0.370 e. The maximum Gasteiger partial charge on any atom is 0.434 e. The van der Waals surface area contributed by atoms with E-state index in [4.69, 9.17) is 4.74 Å². The molecule has 1 atom stereocenters. The number of aliphatic imine (C=N–C) groups is 1. The molecule has 3 rings (SSSR count). The highest BCUT2D eigenvalue weighted by Gasteiger charge is 2.33. The summed E-state index contributed by atoms with van der Waals surface area (Å²) in [5.41, 5.74) is 0.111. The third-order valence-corrected chi connectivity index (χ3v) is 4.76. The van der Waals surface area contributed by atoms with Crippen molar-refractivity contribution in [3.05, 3.63) is 34.0 Å². The molecule has 0 bridgehead atoms. The lowest BCUT2D eigenvalue weighted by atomic mass is 10.1. The number of aryl methyl sites for hydroxylation is 1. The van der Waals surface area contributed by atoms with Gasteiger partial charge in [-0.2, -0.15) is 18.3 Å². The molecule has 3 heterocycles. The van der Waals surface area contributed by atoms with Crippen molar-refractivity contribution in [2.75, 3.05) is 26.7 Å². The molecule has 0 amide bonds. The number of hydrogen-bond donors (Lipinski definition) is 1. The molecule has 0 aliphatic carbocycles. The van der Waals surface area contributed by atoms with Crippen LogP contribution in [0.1, 0.15) is 22.4 Å². The Balaban J connectivity index is 1.61. The number of hydrogen-bond acceptors (Lipinski definition) is 5. The summed E-state index contributed by atoms with van der Waals surface area (Å²) in [6.45, 7) is 1.93. The topological polar surface area (TPSA) is 67.6 Å². The lowest BCUT2D eigenvalue weighted by Gasteiger charge is -2.34. The smallest absolute Gasteiger partial charge is 0.370 e. The zero-order chi connectivity index (χ0) is 18.7. The second-order valence-corrected chi connectivity index (χ2v) is 6.72. The van der Waals surface area contributed by atoms with Crippen LogP contribution in [0.2, 0.25) is 0 Å². The van der Waals surface area contributed by atoms with E-state index >= 15 is 0 Å². The quantitative estimate of drug-likeness (QED) is 0.644. The van der Waals surface area contributed by atoms with Crippen LogP contribution in [0.4, 0.5) is 13.2 Å². The van der Waals surface area contributed by atoms with Crippen LogP contribution >= 0.6 is 11.3 Å². The second-order valence-electron chi connectivity index (χ2n) is 5.78. The maximum atomic E-state index is 12.6. The Kier molecular flexibility index (Phi) is 5.47. The van der Waals surface area contributed by atoms with E-state index in [0.717, 1.165) is 22.3 Å². The van der Waals surface area contributed by atoms with E-state index in [9.17, 15) is 13.2 Å². The second kappa shape index (κ2) is 7.62. The molecule has 1 aliphatic rings. The van der Waals surface area contributed by atoms with E-state index in [1.165, 1.54) is 0 Å². The normalized spacial score (nSPS) is 19.0. The monoisotopic (exact) mass is 388 g/mol. The van der Waals surface area contributed by atoms with Gasteiger partial charge in [0.2, 0.25) is 0 Å². The molecule has 0 aromatic carbocycles. The van der Waals surface area contributed by atoms with Gasteiger partial charge in [-0.05, 0) is 0 Å². The SMILES string of the molecule is CN=C(NCc1nc(C(F)(F)F)cs1)N1CCOC(c2cnn(C)c2)C1. The summed E-state index contributed by atoms with van der Waals surface area (Å²) in [6.07, 6.45) is -0.887. The number of aromatic nitrogens is 3. The molecule has 2 aromatic rings. The van der Waals surface area contributed by atoms with Crippen LogP contribution in [-0.2, 0) is 24.5 Å². The number of nitrogens with one attached hydrogen (secondary N) is 1. The van der Waals surface area contributed by atoms with Crippen molar-refractivity contribution in [1.82, 2.24) is 25.0 Å². The highest BCUT2D eigenvalue weighted by molar-refractivity contribution is 7.09. The van der Waals surface area contributed by atoms with Crippen molar-refractivity contribution >= 4 is 17.3 Å². The lowest BCUT2D eigenvalue weighted by Crippen LogP contribution is -2.47. The van der Waals surface area contributed by atoms with Crippen LogP contribution in [0.3, 0.4) is 0 Å².